The normalized spacial score (nSPS) is 11.3. The van der Waals surface area contributed by atoms with E-state index in [4.69, 9.17) is 4.74 Å². The molecule has 0 aliphatic rings. The van der Waals surface area contributed by atoms with Crippen molar-refractivity contribution in [2.24, 2.45) is 4.99 Å². The fourth-order valence-corrected chi connectivity index (χ4v) is 2.24. The Morgan fingerprint density at radius 2 is 1.88 bits per heavy atom. The molecule has 0 radical (unpaired) electrons. The number of hydrogen-bond donors (Lipinski definition) is 2. The summed E-state index contributed by atoms with van der Waals surface area (Å²) in [6.45, 7) is 7.12. The van der Waals surface area contributed by atoms with Crippen molar-refractivity contribution < 1.29 is 9.53 Å². The van der Waals surface area contributed by atoms with E-state index in [-0.39, 0.29) is 12.5 Å². The minimum absolute atomic E-state index is 0.0118. The van der Waals surface area contributed by atoms with E-state index in [1.807, 2.05) is 19.1 Å². The van der Waals surface area contributed by atoms with Gasteiger partial charge in [-0.05, 0) is 30.9 Å². The molecule has 25 heavy (non-hydrogen) atoms. The first-order chi connectivity index (χ1) is 12.1. The van der Waals surface area contributed by atoms with Crippen molar-refractivity contribution in [3.05, 3.63) is 35.4 Å². The number of likely N-dealkylation sites (N-methyl/N-ethyl adjacent to an activating group) is 1. The number of ether oxygens (including phenoxy) is 1. The molecule has 6 nitrogen and oxygen atoms in total. The number of guanidine groups is 1. The predicted molar refractivity (Wildman–Crippen MR) is 103 cm³/mol. The average Bonchev–Trinajstić information content (AvgIpc) is 2.62. The first kappa shape index (κ1) is 21.0. The molecule has 0 heterocycles. The zero-order chi connectivity index (χ0) is 18.5. The van der Waals surface area contributed by atoms with E-state index in [0.29, 0.717) is 19.1 Å². The number of benzene rings is 1. The molecule has 0 bridgehead atoms. The van der Waals surface area contributed by atoms with Crippen LogP contribution in [-0.2, 0) is 22.5 Å². The fourth-order valence-electron chi connectivity index (χ4n) is 2.24. The molecule has 0 unspecified atom stereocenters. The molecule has 1 aromatic carbocycles. The summed E-state index contributed by atoms with van der Waals surface area (Å²) in [6, 6.07) is 8.30. The number of nitrogens with one attached hydrogen (secondary N) is 2. The van der Waals surface area contributed by atoms with E-state index in [9.17, 15) is 4.79 Å². The van der Waals surface area contributed by atoms with Crippen molar-refractivity contribution in [2.75, 3.05) is 40.4 Å². The van der Waals surface area contributed by atoms with Gasteiger partial charge in [0, 0.05) is 33.9 Å². The van der Waals surface area contributed by atoms with Gasteiger partial charge in [0.2, 0.25) is 5.91 Å². The maximum Gasteiger partial charge on any atom is 0.241 e. The number of carbonyl (C=O) groups is 1. The predicted octanol–water partition coefficient (Wildman–Crippen LogP) is 1.80. The Bertz CT molecular complexity index is 544. The van der Waals surface area contributed by atoms with Gasteiger partial charge in [0.1, 0.15) is 0 Å². The molecule has 6 heteroatoms. The summed E-state index contributed by atoms with van der Waals surface area (Å²) in [7, 11) is 3.49. The van der Waals surface area contributed by atoms with Gasteiger partial charge >= 0.3 is 0 Å². The maximum atomic E-state index is 11.8. The standard InChI is InChI=1S/C19H32N4O2/c1-5-16-10-7-8-11-17(16)14-21-19(20-12-9-13-25-6-2)22-15-18(24)23(3)4/h7-8,10-11H,5-6,9,12-15H2,1-4H3,(H2,20,21,22). The smallest absolute Gasteiger partial charge is 0.241 e. The van der Waals surface area contributed by atoms with Crippen molar-refractivity contribution in [1.29, 1.82) is 0 Å². The number of aliphatic imine (C=N–C) groups is 1. The van der Waals surface area contributed by atoms with Crippen LogP contribution in [0.2, 0.25) is 0 Å². The highest BCUT2D eigenvalue weighted by Crippen LogP contribution is 2.10. The van der Waals surface area contributed by atoms with E-state index in [1.54, 1.807) is 19.0 Å². The van der Waals surface area contributed by atoms with Gasteiger partial charge in [0.25, 0.3) is 0 Å². The summed E-state index contributed by atoms with van der Waals surface area (Å²) in [5.41, 5.74) is 2.51. The molecule has 0 spiro atoms. The fraction of sp³-hybridized carbons (Fsp3) is 0.579. The number of amides is 1. The van der Waals surface area contributed by atoms with E-state index in [0.717, 1.165) is 26.0 Å². The minimum atomic E-state index is 0.0118. The second-order valence-electron chi connectivity index (χ2n) is 5.91. The van der Waals surface area contributed by atoms with Crippen LogP contribution in [0.25, 0.3) is 0 Å². The molecule has 0 aromatic heterocycles. The van der Waals surface area contributed by atoms with Crippen molar-refractivity contribution in [3.63, 3.8) is 0 Å². The lowest BCUT2D eigenvalue weighted by Crippen LogP contribution is -2.43. The Labute approximate surface area is 151 Å². The Kier molecular flexibility index (Phi) is 10.3. The molecule has 140 valence electrons. The van der Waals surface area contributed by atoms with Crippen molar-refractivity contribution in [1.82, 2.24) is 15.5 Å². The van der Waals surface area contributed by atoms with E-state index in [2.05, 4.69) is 34.7 Å². The van der Waals surface area contributed by atoms with E-state index in [1.165, 1.54) is 11.1 Å². The highest BCUT2D eigenvalue weighted by Gasteiger charge is 2.06. The highest BCUT2D eigenvalue weighted by molar-refractivity contribution is 5.86. The molecule has 0 saturated carbocycles. The average molecular weight is 348 g/mol. The van der Waals surface area contributed by atoms with Crippen molar-refractivity contribution in [3.8, 4) is 0 Å². The van der Waals surface area contributed by atoms with Gasteiger partial charge < -0.3 is 20.3 Å². The molecule has 1 aromatic rings. The third-order valence-corrected chi connectivity index (χ3v) is 3.77. The van der Waals surface area contributed by atoms with Crippen LogP contribution < -0.4 is 10.6 Å². The van der Waals surface area contributed by atoms with Gasteiger partial charge in [-0.1, -0.05) is 31.2 Å². The van der Waals surface area contributed by atoms with Gasteiger partial charge in [0.05, 0.1) is 13.1 Å². The second kappa shape index (κ2) is 12.3. The van der Waals surface area contributed by atoms with Gasteiger partial charge in [-0.25, -0.2) is 4.99 Å². The molecular formula is C19H32N4O2. The number of rotatable bonds is 10. The minimum Gasteiger partial charge on any atom is -0.382 e. The van der Waals surface area contributed by atoms with Gasteiger partial charge in [-0.2, -0.15) is 0 Å². The molecule has 0 aliphatic carbocycles. The van der Waals surface area contributed by atoms with Crippen LogP contribution in [0.4, 0.5) is 0 Å². The lowest BCUT2D eigenvalue weighted by atomic mass is 10.1. The van der Waals surface area contributed by atoms with Crippen LogP contribution in [0.15, 0.2) is 29.3 Å². The number of hydrogen-bond acceptors (Lipinski definition) is 3. The van der Waals surface area contributed by atoms with Crippen LogP contribution in [-0.4, -0.2) is 57.2 Å². The van der Waals surface area contributed by atoms with Crippen LogP contribution in [0.1, 0.15) is 31.4 Å². The SMILES string of the molecule is CCOCCCNC(=NCc1ccccc1CC)NCC(=O)N(C)C. The Balaban J connectivity index is 2.65. The van der Waals surface area contributed by atoms with Crippen molar-refractivity contribution >= 4 is 11.9 Å². The van der Waals surface area contributed by atoms with Crippen LogP contribution in [0.3, 0.4) is 0 Å². The van der Waals surface area contributed by atoms with E-state index >= 15 is 0 Å². The molecular weight excluding hydrogens is 316 g/mol. The molecule has 0 aliphatic heterocycles. The van der Waals surface area contributed by atoms with Crippen LogP contribution in [0, 0.1) is 0 Å². The number of aryl methyl sites for hydroxylation is 1. The molecule has 2 N–H and O–H groups in total. The van der Waals surface area contributed by atoms with Gasteiger partial charge in [-0.3, -0.25) is 4.79 Å². The monoisotopic (exact) mass is 348 g/mol. The third-order valence-electron chi connectivity index (χ3n) is 3.77. The lowest BCUT2D eigenvalue weighted by Gasteiger charge is -2.15. The largest absolute Gasteiger partial charge is 0.382 e. The third kappa shape index (κ3) is 8.54. The quantitative estimate of drug-likeness (QED) is 0.384. The Hall–Kier alpha value is -2.08. The summed E-state index contributed by atoms with van der Waals surface area (Å²) in [5.74, 6) is 0.662. The molecule has 0 fully saturated rings. The second-order valence-corrected chi connectivity index (χ2v) is 5.91. The molecule has 1 amide bonds. The Morgan fingerprint density at radius 1 is 1.16 bits per heavy atom. The van der Waals surface area contributed by atoms with E-state index < -0.39 is 0 Å². The molecule has 0 saturated heterocycles. The first-order valence-electron chi connectivity index (χ1n) is 8.95. The van der Waals surface area contributed by atoms with Gasteiger partial charge in [0.15, 0.2) is 5.96 Å². The van der Waals surface area contributed by atoms with Gasteiger partial charge in [-0.15, -0.1) is 0 Å². The Morgan fingerprint density at radius 3 is 2.52 bits per heavy atom. The number of nitrogens with zero attached hydrogens (tertiary/aromatic N) is 2. The topological polar surface area (TPSA) is 66.0 Å². The number of carbonyl (C=O) groups excluding carboxylic acids is 1. The van der Waals surface area contributed by atoms with Crippen LogP contribution in [0.5, 0.6) is 0 Å². The summed E-state index contributed by atoms with van der Waals surface area (Å²) >= 11 is 0. The zero-order valence-corrected chi connectivity index (χ0v) is 16.0. The summed E-state index contributed by atoms with van der Waals surface area (Å²) < 4.78 is 5.34. The summed E-state index contributed by atoms with van der Waals surface area (Å²) in [6.07, 6.45) is 1.87. The summed E-state index contributed by atoms with van der Waals surface area (Å²) in [5, 5.41) is 6.38. The van der Waals surface area contributed by atoms with Crippen LogP contribution >= 0.6 is 0 Å². The van der Waals surface area contributed by atoms with Crippen molar-refractivity contribution in [2.45, 2.75) is 33.2 Å². The summed E-state index contributed by atoms with van der Waals surface area (Å²) in [4.78, 5) is 18.0. The lowest BCUT2D eigenvalue weighted by molar-refractivity contribution is -0.127. The highest BCUT2D eigenvalue weighted by atomic mass is 16.5. The zero-order valence-electron chi connectivity index (χ0n) is 16.0. The molecule has 1 rings (SSSR count). The first-order valence-corrected chi connectivity index (χ1v) is 8.95. The maximum absolute atomic E-state index is 11.8. The molecule has 0 atom stereocenters.